The predicted octanol–water partition coefficient (Wildman–Crippen LogP) is 2.28. The van der Waals surface area contributed by atoms with Gasteiger partial charge >= 0.3 is 0 Å². The van der Waals surface area contributed by atoms with E-state index < -0.39 is 9.84 Å². The van der Waals surface area contributed by atoms with Crippen molar-refractivity contribution in [3.05, 3.63) is 30.3 Å². The number of hydrogen-bond acceptors (Lipinski definition) is 8. The van der Waals surface area contributed by atoms with Crippen LogP contribution in [0.5, 0.6) is 0 Å². The molecule has 0 spiro atoms. The average molecular weight is 413 g/mol. The minimum atomic E-state index is -3.08. The fourth-order valence-electron chi connectivity index (χ4n) is 2.81. The number of benzene rings is 1. The molecule has 1 aliphatic rings. The highest BCUT2D eigenvalue weighted by atomic mass is 32.2. The minimum absolute atomic E-state index is 0.0156. The number of nitrogens with zero attached hydrogens (tertiary/aromatic N) is 3. The molecule has 1 N–H and O–H groups in total. The molecule has 0 aliphatic carbocycles. The third-order valence-corrected chi connectivity index (χ3v) is 7.68. The molecular weight excluding hydrogens is 392 g/mol. The first-order chi connectivity index (χ1) is 12.5. The second kappa shape index (κ2) is 8.36. The molecule has 1 aromatic heterocycles. The summed E-state index contributed by atoms with van der Waals surface area (Å²) >= 11 is 2.72. The van der Waals surface area contributed by atoms with Gasteiger partial charge in [-0.3, -0.25) is 4.79 Å². The number of nitrogens with one attached hydrogen (secondary N) is 1. The van der Waals surface area contributed by atoms with Gasteiger partial charge in [0.05, 0.1) is 23.3 Å². The van der Waals surface area contributed by atoms with E-state index in [0.717, 1.165) is 17.4 Å². The van der Waals surface area contributed by atoms with E-state index in [-0.39, 0.29) is 29.2 Å². The monoisotopic (exact) mass is 412 g/mol. The van der Waals surface area contributed by atoms with E-state index in [1.807, 2.05) is 37.3 Å². The van der Waals surface area contributed by atoms with Crippen LogP contribution >= 0.6 is 23.1 Å². The second-order valence-corrected chi connectivity index (χ2v) is 10.3. The molecule has 0 bridgehead atoms. The molecule has 0 saturated carbocycles. The Bertz CT molecular complexity index is 855. The molecule has 1 saturated heterocycles. The van der Waals surface area contributed by atoms with Crippen LogP contribution in [0.3, 0.4) is 0 Å². The third-order valence-electron chi connectivity index (χ3n) is 3.93. The van der Waals surface area contributed by atoms with Gasteiger partial charge in [0, 0.05) is 12.2 Å². The Kier molecular flexibility index (Phi) is 6.15. The fraction of sp³-hybridized carbons (Fsp3) is 0.438. The van der Waals surface area contributed by atoms with Crippen LogP contribution in [0.25, 0.3) is 0 Å². The summed E-state index contributed by atoms with van der Waals surface area (Å²) < 4.78 is 24.5. The van der Waals surface area contributed by atoms with Crippen LogP contribution in [-0.4, -0.2) is 54.4 Å². The lowest BCUT2D eigenvalue weighted by Gasteiger charge is -2.28. The summed E-state index contributed by atoms with van der Waals surface area (Å²) in [5.74, 6) is 0.209. The van der Waals surface area contributed by atoms with Crippen LogP contribution in [0.1, 0.15) is 13.3 Å². The summed E-state index contributed by atoms with van der Waals surface area (Å²) in [6, 6.07) is 8.92. The first-order valence-electron chi connectivity index (χ1n) is 8.26. The van der Waals surface area contributed by atoms with Crippen molar-refractivity contribution in [1.82, 2.24) is 10.2 Å². The highest BCUT2D eigenvalue weighted by Gasteiger charge is 2.35. The first-order valence-corrected chi connectivity index (χ1v) is 11.9. The van der Waals surface area contributed by atoms with Gasteiger partial charge in [0.1, 0.15) is 0 Å². The van der Waals surface area contributed by atoms with Gasteiger partial charge in [-0.1, -0.05) is 41.3 Å². The Labute approximate surface area is 161 Å². The zero-order valence-corrected chi connectivity index (χ0v) is 16.7. The lowest BCUT2D eigenvalue weighted by Crippen LogP contribution is -2.42. The average Bonchev–Trinajstić information content (AvgIpc) is 3.21. The van der Waals surface area contributed by atoms with Crippen molar-refractivity contribution in [3.8, 4) is 0 Å². The molecule has 140 valence electrons. The van der Waals surface area contributed by atoms with E-state index in [9.17, 15) is 13.2 Å². The number of thioether (sulfide) groups is 1. The molecule has 1 amide bonds. The Morgan fingerprint density at radius 2 is 2.12 bits per heavy atom. The third kappa shape index (κ3) is 4.74. The van der Waals surface area contributed by atoms with Crippen molar-refractivity contribution in [2.75, 3.05) is 34.0 Å². The molecule has 1 aliphatic heterocycles. The van der Waals surface area contributed by atoms with Gasteiger partial charge in [-0.05, 0) is 25.5 Å². The number of sulfone groups is 1. The van der Waals surface area contributed by atoms with E-state index in [4.69, 9.17) is 0 Å². The van der Waals surface area contributed by atoms with Gasteiger partial charge in [0.15, 0.2) is 14.2 Å². The van der Waals surface area contributed by atoms with Crippen LogP contribution in [-0.2, 0) is 14.6 Å². The maximum absolute atomic E-state index is 12.9. The van der Waals surface area contributed by atoms with E-state index in [2.05, 4.69) is 15.5 Å². The number of hydrogen-bond donors (Lipinski definition) is 1. The summed E-state index contributed by atoms with van der Waals surface area (Å²) in [6.45, 7) is 2.74. The lowest BCUT2D eigenvalue weighted by atomic mass is 10.2. The Morgan fingerprint density at radius 3 is 2.77 bits per heavy atom. The van der Waals surface area contributed by atoms with Crippen molar-refractivity contribution in [3.63, 3.8) is 0 Å². The number of para-hydroxylation sites is 1. The summed E-state index contributed by atoms with van der Waals surface area (Å²) in [5.41, 5.74) is 0.728. The van der Waals surface area contributed by atoms with Crippen molar-refractivity contribution >= 4 is 49.7 Å². The van der Waals surface area contributed by atoms with Crippen LogP contribution in [0.4, 0.5) is 10.8 Å². The fourth-order valence-corrected chi connectivity index (χ4v) is 6.19. The predicted molar refractivity (Wildman–Crippen MR) is 106 cm³/mol. The molecule has 2 aromatic rings. The number of amides is 1. The zero-order valence-electron chi connectivity index (χ0n) is 14.3. The van der Waals surface area contributed by atoms with Crippen LogP contribution in [0.2, 0.25) is 0 Å². The highest BCUT2D eigenvalue weighted by molar-refractivity contribution is 8.01. The lowest BCUT2D eigenvalue weighted by molar-refractivity contribution is -0.116. The summed E-state index contributed by atoms with van der Waals surface area (Å²) in [6.07, 6.45) is 0.469. The van der Waals surface area contributed by atoms with Crippen molar-refractivity contribution in [2.24, 2.45) is 0 Å². The SMILES string of the molecule is CCNc1nnc(SCC(=O)N(c2ccccc2)[C@H]2CCS(=O)(=O)C2)s1. The van der Waals surface area contributed by atoms with Crippen molar-refractivity contribution < 1.29 is 13.2 Å². The van der Waals surface area contributed by atoms with Crippen LogP contribution < -0.4 is 10.2 Å². The second-order valence-electron chi connectivity index (χ2n) is 5.85. The maximum atomic E-state index is 12.9. The van der Waals surface area contributed by atoms with Crippen molar-refractivity contribution in [2.45, 2.75) is 23.7 Å². The Hall–Kier alpha value is -1.65. The number of carbonyl (C=O) groups is 1. The number of rotatable bonds is 7. The smallest absolute Gasteiger partial charge is 0.237 e. The number of anilines is 2. The molecule has 26 heavy (non-hydrogen) atoms. The van der Waals surface area contributed by atoms with Gasteiger partial charge in [-0.15, -0.1) is 10.2 Å². The maximum Gasteiger partial charge on any atom is 0.237 e. The van der Waals surface area contributed by atoms with E-state index >= 15 is 0 Å². The molecule has 0 unspecified atom stereocenters. The van der Waals surface area contributed by atoms with E-state index in [1.54, 1.807) is 4.90 Å². The Balaban J connectivity index is 1.72. The molecule has 0 radical (unpaired) electrons. The Morgan fingerprint density at radius 1 is 1.35 bits per heavy atom. The number of carbonyl (C=O) groups excluding carboxylic acids is 1. The molecule has 2 heterocycles. The molecule has 1 atom stereocenters. The van der Waals surface area contributed by atoms with Gasteiger partial charge < -0.3 is 10.2 Å². The van der Waals surface area contributed by atoms with Gasteiger partial charge in [-0.2, -0.15) is 0 Å². The summed E-state index contributed by atoms with van der Waals surface area (Å²) in [4.78, 5) is 14.5. The molecule has 10 heteroatoms. The number of aromatic nitrogens is 2. The molecule has 1 aromatic carbocycles. The molecule has 3 rings (SSSR count). The van der Waals surface area contributed by atoms with Crippen LogP contribution in [0, 0.1) is 0 Å². The normalized spacial score (nSPS) is 18.6. The molecular formula is C16H20N4O3S3. The molecule has 1 fully saturated rings. The topological polar surface area (TPSA) is 92.3 Å². The van der Waals surface area contributed by atoms with Gasteiger partial charge in [-0.25, -0.2) is 8.42 Å². The summed E-state index contributed by atoms with van der Waals surface area (Å²) in [7, 11) is -3.08. The zero-order chi connectivity index (χ0) is 18.6. The van der Waals surface area contributed by atoms with Crippen molar-refractivity contribution in [1.29, 1.82) is 0 Å². The van der Waals surface area contributed by atoms with Gasteiger partial charge in [0.2, 0.25) is 11.0 Å². The first kappa shape index (κ1) is 19.1. The largest absolute Gasteiger partial charge is 0.360 e. The summed E-state index contributed by atoms with van der Waals surface area (Å²) in [5, 5.41) is 11.9. The van der Waals surface area contributed by atoms with E-state index in [1.165, 1.54) is 23.1 Å². The van der Waals surface area contributed by atoms with Crippen LogP contribution in [0.15, 0.2) is 34.7 Å². The minimum Gasteiger partial charge on any atom is -0.360 e. The van der Waals surface area contributed by atoms with E-state index in [0.29, 0.717) is 10.8 Å². The standard InChI is InChI=1S/C16H20N4O3S3/c1-2-17-15-18-19-16(25-15)24-10-14(21)20(12-6-4-3-5-7-12)13-8-9-26(22,23)11-13/h3-7,13H,2,8-11H2,1H3,(H,17,18)/t13-/m0/s1. The highest BCUT2D eigenvalue weighted by Crippen LogP contribution is 2.29. The quantitative estimate of drug-likeness (QED) is 0.698. The molecule has 7 nitrogen and oxygen atoms in total. The van der Waals surface area contributed by atoms with Gasteiger partial charge in [0.25, 0.3) is 0 Å².